The standard InChI is InChI=1S/C13H19N/c1-3-5-10-14-11-13-8-6-12(4-2)7-9-13/h3,5-9,14H,4,10-11H2,1-2H3/b5-3+. The van der Waals surface area contributed by atoms with E-state index in [1.54, 1.807) is 0 Å². The Bertz CT molecular complexity index is 272. The maximum absolute atomic E-state index is 3.35. The number of allylic oxidation sites excluding steroid dienone is 1. The Morgan fingerprint density at radius 2 is 1.79 bits per heavy atom. The van der Waals surface area contributed by atoms with Crippen LogP contribution in [0.5, 0.6) is 0 Å². The molecule has 1 aromatic rings. The molecule has 0 heterocycles. The van der Waals surface area contributed by atoms with Crippen molar-refractivity contribution in [2.24, 2.45) is 0 Å². The average molecular weight is 189 g/mol. The van der Waals surface area contributed by atoms with Crippen LogP contribution in [0.3, 0.4) is 0 Å². The van der Waals surface area contributed by atoms with Crippen LogP contribution in [0.15, 0.2) is 36.4 Å². The minimum Gasteiger partial charge on any atom is -0.309 e. The highest BCUT2D eigenvalue weighted by Crippen LogP contribution is 2.04. The van der Waals surface area contributed by atoms with Gasteiger partial charge in [-0.2, -0.15) is 0 Å². The summed E-state index contributed by atoms with van der Waals surface area (Å²) in [5.41, 5.74) is 2.76. The van der Waals surface area contributed by atoms with Gasteiger partial charge in [0.2, 0.25) is 0 Å². The Morgan fingerprint density at radius 3 is 2.36 bits per heavy atom. The lowest BCUT2D eigenvalue weighted by molar-refractivity contribution is 0.759. The van der Waals surface area contributed by atoms with Crippen LogP contribution in [0.25, 0.3) is 0 Å². The molecule has 0 spiro atoms. The third-order valence-corrected chi connectivity index (χ3v) is 2.26. The number of rotatable bonds is 5. The number of nitrogens with one attached hydrogen (secondary N) is 1. The molecule has 1 rings (SSSR count). The van der Waals surface area contributed by atoms with E-state index in [1.807, 2.05) is 6.92 Å². The maximum atomic E-state index is 3.35. The van der Waals surface area contributed by atoms with E-state index >= 15 is 0 Å². The van der Waals surface area contributed by atoms with E-state index in [0.29, 0.717) is 0 Å². The molecule has 0 radical (unpaired) electrons. The molecule has 14 heavy (non-hydrogen) atoms. The van der Waals surface area contributed by atoms with Crippen LogP contribution in [0.2, 0.25) is 0 Å². The van der Waals surface area contributed by atoms with Gasteiger partial charge in [-0.15, -0.1) is 0 Å². The van der Waals surface area contributed by atoms with Crippen LogP contribution in [-0.4, -0.2) is 6.54 Å². The van der Waals surface area contributed by atoms with Crippen LogP contribution in [0.1, 0.15) is 25.0 Å². The van der Waals surface area contributed by atoms with E-state index in [-0.39, 0.29) is 0 Å². The fraction of sp³-hybridized carbons (Fsp3) is 0.385. The molecule has 0 saturated carbocycles. The first-order chi connectivity index (χ1) is 6.86. The van der Waals surface area contributed by atoms with Crippen molar-refractivity contribution in [2.45, 2.75) is 26.8 Å². The lowest BCUT2D eigenvalue weighted by Gasteiger charge is -2.03. The average Bonchev–Trinajstić information content (AvgIpc) is 2.25. The molecule has 1 heteroatoms. The van der Waals surface area contributed by atoms with E-state index < -0.39 is 0 Å². The number of benzene rings is 1. The summed E-state index contributed by atoms with van der Waals surface area (Å²) in [6.07, 6.45) is 5.31. The minimum absolute atomic E-state index is 0.950. The molecule has 0 atom stereocenters. The highest BCUT2D eigenvalue weighted by atomic mass is 14.8. The quantitative estimate of drug-likeness (QED) is 0.554. The summed E-state index contributed by atoms with van der Waals surface area (Å²) in [5.74, 6) is 0. The van der Waals surface area contributed by atoms with Crippen molar-refractivity contribution < 1.29 is 0 Å². The third-order valence-electron chi connectivity index (χ3n) is 2.26. The molecule has 1 nitrogen and oxygen atoms in total. The molecule has 0 amide bonds. The minimum atomic E-state index is 0.950. The Kier molecular flexibility index (Phi) is 5.02. The number of hydrogen-bond acceptors (Lipinski definition) is 1. The lowest BCUT2D eigenvalue weighted by Crippen LogP contribution is -2.12. The van der Waals surface area contributed by atoms with Gasteiger partial charge < -0.3 is 5.32 Å². The van der Waals surface area contributed by atoms with Crippen molar-refractivity contribution in [2.75, 3.05) is 6.54 Å². The zero-order valence-corrected chi connectivity index (χ0v) is 9.09. The third kappa shape index (κ3) is 3.75. The summed E-state index contributed by atoms with van der Waals surface area (Å²) in [6.45, 7) is 6.12. The van der Waals surface area contributed by atoms with Crippen molar-refractivity contribution >= 4 is 0 Å². The van der Waals surface area contributed by atoms with E-state index in [1.165, 1.54) is 11.1 Å². The summed E-state index contributed by atoms with van der Waals surface area (Å²) in [7, 11) is 0. The Hall–Kier alpha value is -1.08. The number of hydrogen-bond donors (Lipinski definition) is 1. The molecule has 1 aromatic carbocycles. The lowest BCUT2D eigenvalue weighted by atomic mass is 10.1. The smallest absolute Gasteiger partial charge is 0.0208 e. The fourth-order valence-electron chi connectivity index (χ4n) is 1.31. The molecular formula is C13H19N. The van der Waals surface area contributed by atoms with E-state index in [2.05, 4.69) is 48.7 Å². The molecular weight excluding hydrogens is 170 g/mol. The summed E-state index contributed by atoms with van der Waals surface area (Å²) >= 11 is 0. The van der Waals surface area contributed by atoms with Crippen LogP contribution in [-0.2, 0) is 13.0 Å². The van der Waals surface area contributed by atoms with Gasteiger partial charge in [-0.05, 0) is 24.5 Å². The van der Waals surface area contributed by atoms with Gasteiger partial charge in [-0.1, -0.05) is 43.3 Å². The fourth-order valence-corrected chi connectivity index (χ4v) is 1.31. The Balaban J connectivity index is 2.36. The van der Waals surface area contributed by atoms with Gasteiger partial charge in [0, 0.05) is 13.1 Å². The van der Waals surface area contributed by atoms with Crippen LogP contribution >= 0.6 is 0 Å². The molecule has 0 unspecified atom stereocenters. The van der Waals surface area contributed by atoms with Gasteiger partial charge in [0.05, 0.1) is 0 Å². The zero-order valence-electron chi connectivity index (χ0n) is 9.09. The van der Waals surface area contributed by atoms with Crippen LogP contribution < -0.4 is 5.32 Å². The van der Waals surface area contributed by atoms with Gasteiger partial charge in [-0.3, -0.25) is 0 Å². The molecule has 0 aliphatic heterocycles. The Labute approximate surface area is 86.8 Å². The molecule has 0 fully saturated rings. The second-order valence-electron chi connectivity index (χ2n) is 3.37. The molecule has 0 saturated heterocycles. The van der Waals surface area contributed by atoms with Crippen molar-refractivity contribution in [3.63, 3.8) is 0 Å². The van der Waals surface area contributed by atoms with Crippen molar-refractivity contribution in [3.8, 4) is 0 Å². The monoisotopic (exact) mass is 189 g/mol. The van der Waals surface area contributed by atoms with Crippen molar-refractivity contribution in [1.82, 2.24) is 5.32 Å². The van der Waals surface area contributed by atoms with E-state index in [0.717, 1.165) is 19.5 Å². The maximum Gasteiger partial charge on any atom is 0.0208 e. The Morgan fingerprint density at radius 1 is 1.14 bits per heavy atom. The van der Waals surface area contributed by atoms with Gasteiger partial charge in [0.25, 0.3) is 0 Å². The molecule has 1 N–H and O–H groups in total. The van der Waals surface area contributed by atoms with Crippen molar-refractivity contribution in [3.05, 3.63) is 47.5 Å². The summed E-state index contributed by atoms with van der Waals surface area (Å²) in [4.78, 5) is 0. The summed E-state index contributed by atoms with van der Waals surface area (Å²) in [6, 6.07) is 8.79. The molecule has 76 valence electrons. The van der Waals surface area contributed by atoms with E-state index in [4.69, 9.17) is 0 Å². The first-order valence-electron chi connectivity index (χ1n) is 5.26. The highest BCUT2D eigenvalue weighted by Gasteiger charge is 1.91. The predicted octanol–water partition coefficient (Wildman–Crippen LogP) is 2.91. The SMILES string of the molecule is C/C=C/CNCc1ccc(CC)cc1. The summed E-state index contributed by atoms with van der Waals surface area (Å²) in [5, 5.41) is 3.35. The topological polar surface area (TPSA) is 12.0 Å². The van der Waals surface area contributed by atoms with Gasteiger partial charge in [0.1, 0.15) is 0 Å². The second kappa shape index (κ2) is 6.39. The number of aryl methyl sites for hydroxylation is 1. The normalized spacial score (nSPS) is 11.0. The van der Waals surface area contributed by atoms with E-state index in [9.17, 15) is 0 Å². The summed E-state index contributed by atoms with van der Waals surface area (Å²) < 4.78 is 0. The van der Waals surface area contributed by atoms with Crippen molar-refractivity contribution in [1.29, 1.82) is 0 Å². The highest BCUT2D eigenvalue weighted by molar-refractivity contribution is 5.22. The van der Waals surface area contributed by atoms with Gasteiger partial charge >= 0.3 is 0 Å². The second-order valence-corrected chi connectivity index (χ2v) is 3.37. The molecule has 0 aliphatic carbocycles. The van der Waals surface area contributed by atoms with Crippen LogP contribution in [0, 0.1) is 0 Å². The van der Waals surface area contributed by atoms with Gasteiger partial charge in [0.15, 0.2) is 0 Å². The first kappa shape index (κ1) is 11.0. The van der Waals surface area contributed by atoms with Crippen LogP contribution in [0.4, 0.5) is 0 Å². The molecule has 0 bridgehead atoms. The van der Waals surface area contributed by atoms with Gasteiger partial charge in [-0.25, -0.2) is 0 Å². The molecule has 0 aliphatic rings. The largest absolute Gasteiger partial charge is 0.309 e. The first-order valence-corrected chi connectivity index (χ1v) is 5.26. The molecule has 0 aromatic heterocycles. The zero-order chi connectivity index (χ0) is 10.2. The predicted molar refractivity (Wildman–Crippen MR) is 62.3 cm³/mol.